The van der Waals surface area contributed by atoms with Crippen molar-refractivity contribution in [2.24, 2.45) is 0 Å². The van der Waals surface area contributed by atoms with Crippen LogP contribution in [0.4, 0.5) is 5.69 Å². The Bertz CT molecular complexity index is 1590. The molecule has 0 radical (unpaired) electrons. The van der Waals surface area contributed by atoms with Crippen molar-refractivity contribution >= 4 is 46.6 Å². The highest BCUT2D eigenvalue weighted by atomic mass is 35.5. The van der Waals surface area contributed by atoms with Crippen LogP contribution in [0.15, 0.2) is 54.6 Å². The Morgan fingerprint density at radius 2 is 1.74 bits per heavy atom. The molecule has 2 heterocycles. The lowest BCUT2D eigenvalue weighted by molar-refractivity contribution is -0.134. The van der Waals surface area contributed by atoms with Crippen molar-refractivity contribution in [1.29, 1.82) is 0 Å². The summed E-state index contributed by atoms with van der Waals surface area (Å²) in [7, 11) is 6.55. The van der Waals surface area contributed by atoms with Crippen LogP contribution in [-0.4, -0.2) is 68.4 Å². The second-order valence-corrected chi connectivity index (χ2v) is 12.1. The minimum absolute atomic E-state index is 0.103. The number of halogens is 2. The predicted octanol–water partition coefficient (Wildman–Crippen LogP) is 5.95. The SMILES string of the molecule is COc1ccc(CN2C(=O)C(C)(c3cc(C(=O)N4CCCC[C@@H]4C(=O)N(C)C)ccc3Cl)c3cc(Cl)ccc32)c(OC)c1. The van der Waals surface area contributed by atoms with Gasteiger partial charge in [0.1, 0.15) is 23.0 Å². The smallest absolute Gasteiger partial charge is 0.254 e. The van der Waals surface area contributed by atoms with Crippen LogP contribution < -0.4 is 14.4 Å². The van der Waals surface area contributed by atoms with Crippen molar-refractivity contribution in [2.45, 2.75) is 44.2 Å². The van der Waals surface area contributed by atoms with Gasteiger partial charge in [-0.05, 0) is 85.8 Å². The monoisotopic (exact) mass is 623 g/mol. The van der Waals surface area contributed by atoms with Gasteiger partial charge in [-0.3, -0.25) is 14.4 Å². The van der Waals surface area contributed by atoms with Crippen molar-refractivity contribution in [3.63, 3.8) is 0 Å². The van der Waals surface area contributed by atoms with Gasteiger partial charge in [0.05, 0.1) is 20.8 Å². The van der Waals surface area contributed by atoms with E-state index in [0.29, 0.717) is 56.9 Å². The topological polar surface area (TPSA) is 79.4 Å². The number of hydrogen-bond acceptors (Lipinski definition) is 5. The quantitative estimate of drug-likeness (QED) is 0.325. The van der Waals surface area contributed by atoms with Crippen LogP contribution in [0.5, 0.6) is 11.5 Å². The summed E-state index contributed by atoms with van der Waals surface area (Å²) < 4.78 is 10.9. The van der Waals surface area contributed by atoms with Gasteiger partial charge >= 0.3 is 0 Å². The molecule has 0 saturated carbocycles. The molecule has 2 aliphatic rings. The summed E-state index contributed by atoms with van der Waals surface area (Å²) in [5.74, 6) is 0.645. The highest BCUT2D eigenvalue weighted by molar-refractivity contribution is 6.33. The molecule has 43 heavy (non-hydrogen) atoms. The van der Waals surface area contributed by atoms with Crippen molar-refractivity contribution in [3.8, 4) is 11.5 Å². The van der Waals surface area contributed by atoms with Gasteiger partial charge in [-0.25, -0.2) is 0 Å². The van der Waals surface area contributed by atoms with E-state index < -0.39 is 11.5 Å². The van der Waals surface area contributed by atoms with E-state index in [1.165, 1.54) is 4.90 Å². The number of carbonyl (C=O) groups excluding carboxylic acids is 3. The lowest BCUT2D eigenvalue weighted by atomic mass is 9.76. The molecular formula is C33H35Cl2N3O5. The average Bonchev–Trinajstić information content (AvgIpc) is 3.22. The first-order valence-electron chi connectivity index (χ1n) is 14.2. The number of likely N-dealkylation sites (tertiary alicyclic amines) is 1. The van der Waals surface area contributed by atoms with E-state index in [0.717, 1.165) is 18.4 Å². The minimum atomic E-state index is -1.24. The fourth-order valence-electron chi connectivity index (χ4n) is 6.15. The number of carbonyl (C=O) groups is 3. The van der Waals surface area contributed by atoms with Crippen molar-refractivity contribution in [3.05, 3.63) is 86.9 Å². The third kappa shape index (κ3) is 5.43. The molecule has 0 N–H and O–H groups in total. The van der Waals surface area contributed by atoms with Crippen LogP contribution >= 0.6 is 23.2 Å². The number of piperidine rings is 1. The number of anilines is 1. The Labute approximate surface area is 262 Å². The lowest BCUT2D eigenvalue weighted by Crippen LogP contribution is -2.51. The minimum Gasteiger partial charge on any atom is -0.497 e. The van der Waals surface area contributed by atoms with Crippen molar-refractivity contribution in [1.82, 2.24) is 9.80 Å². The molecule has 8 nitrogen and oxygen atoms in total. The maximum absolute atomic E-state index is 14.5. The molecule has 0 bridgehead atoms. The van der Waals surface area contributed by atoms with Crippen LogP contribution in [0.3, 0.4) is 0 Å². The second kappa shape index (κ2) is 12.1. The summed E-state index contributed by atoms with van der Waals surface area (Å²) in [4.78, 5) is 46.2. The third-order valence-electron chi connectivity index (χ3n) is 8.53. The maximum atomic E-state index is 14.5. The normalized spacial score (nSPS) is 19.7. The average molecular weight is 625 g/mol. The predicted molar refractivity (Wildman–Crippen MR) is 167 cm³/mol. The number of benzene rings is 3. The van der Waals surface area contributed by atoms with Crippen LogP contribution in [-0.2, 0) is 21.5 Å². The summed E-state index contributed by atoms with van der Waals surface area (Å²) in [6, 6.07) is 15.3. The molecule has 2 atom stereocenters. The van der Waals surface area contributed by atoms with Crippen LogP contribution in [0, 0.1) is 0 Å². The highest BCUT2D eigenvalue weighted by Gasteiger charge is 2.50. The maximum Gasteiger partial charge on any atom is 0.254 e. The van der Waals surface area contributed by atoms with Crippen LogP contribution in [0.25, 0.3) is 0 Å². The van der Waals surface area contributed by atoms with Gasteiger partial charge in [0, 0.05) is 53.6 Å². The largest absolute Gasteiger partial charge is 0.497 e. The number of fused-ring (bicyclic) bond motifs is 1. The first-order valence-corrected chi connectivity index (χ1v) is 14.9. The van der Waals surface area contributed by atoms with Crippen molar-refractivity contribution in [2.75, 3.05) is 39.8 Å². The van der Waals surface area contributed by atoms with E-state index in [9.17, 15) is 14.4 Å². The number of methoxy groups -OCH3 is 2. The zero-order valence-electron chi connectivity index (χ0n) is 24.9. The molecule has 1 saturated heterocycles. The number of likely N-dealkylation sites (N-methyl/N-ethyl adjacent to an activating group) is 1. The standard InChI is InChI=1S/C33H35Cl2N3O5/c1-33(24-16-20(10-13-26(24)35)30(39)37-15-7-6-8-28(37)31(40)36(2)3)25-17-22(34)11-14-27(25)38(32(33)41)19-21-9-12-23(42-4)18-29(21)43-5/h9-14,16-18,28H,6-8,15,19H2,1-5H3/t28-,33?/m1/s1. The molecule has 0 aromatic heterocycles. The van der Waals surface area contributed by atoms with E-state index >= 15 is 0 Å². The Hall–Kier alpha value is -3.75. The molecule has 1 unspecified atom stereocenters. The number of nitrogens with zero attached hydrogens (tertiary/aromatic N) is 3. The number of rotatable bonds is 7. The summed E-state index contributed by atoms with van der Waals surface area (Å²) in [6.07, 6.45) is 2.29. The second-order valence-electron chi connectivity index (χ2n) is 11.3. The van der Waals surface area contributed by atoms with E-state index in [-0.39, 0.29) is 24.3 Å². The van der Waals surface area contributed by atoms with E-state index in [4.69, 9.17) is 32.7 Å². The first kappa shape index (κ1) is 30.7. The summed E-state index contributed by atoms with van der Waals surface area (Å²) >= 11 is 13.3. The number of amides is 3. The summed E-state index contributed by atoms with van der Waals surface area (Å²) in [5.41, 5.74) is 1.78. The summed E-state index contributed by atoms with van der Waals surface area (Å²) in [5, 5.41) is 0.824. The molecule has 2 aliphatic heterocycles. The van der Waals surface area contributed by atoms with Gasteiger partial charge in [0.15, 0.2) is 0 Å². The van der Waals surface area contributed by atoms with Crippen molar-refractivity contribution < 1.29 is 23.9 Å². The van der Waals surface area contributed by atoms with Gasteiger partial charge in [0.25, 0.3) is 5.91 Å². The molecule has 5 rings (SSSR count). The first-order chi connectivity index (χ1) is 20.5. The van der Waals surface area contributed by atoms with E-state index in [1.807, 2.05) is 25.1 Å². The van der Waals surface area contributed by atoms with Gasteiger partial charge in [0.2, 0.25) is 11.8 Å². The number of ether oxygens (including phenoxy) is 2. The molecule has 3 aromatic rings. The highest BCUT2D eigenvalue weighted by Crippen LogP contribution is 2.49. The van der Waals surface area contributed by atoms with Gasteiger partial charge in [-0.2, -0.15) is 0 Å². The number of hydrogen-bond donors (Lipinski definition) is 0. The van der Waals surface area contributed by atoms with Gasteiger partial charge in [-0.1, -0.05) is 23.2 Å². The molecule has 0 spiro atoms. The van der Waals surface area contributed by atoms with Gasteiger partial charge < -0.3 is 24.2 Å². The Kier molecular flexibility index (Phi) is 8.63. The molecule has 3 amide bonds. The summed E-state index contributed by atoms with van der Waals surface area (Å²) in [6.45, 7) is 2.52. The van der Waals surface area contributed by atoms with Crippen LogP contribution in [0.1, 0.15) is 53.2 Å². The molecule has 1 fully saturated rings. The Balaban J connectivity index is 1.57. The molecule has 10 heteroatoms. The molecule has 226 valence electrons. The molecule has 0 aliphatic carbocycles. The molecular weight excluding hydrogens is 589 g/mol. The fourth-order valence-corrected chi connectivity index (χ4v) is 6.62. The van der Waals surface area contributed by atoms with Crippen LogP contribution in [0.2, 0.25) is 10.0 Å². The fraction of sp³-hybridized carbons (Fsp3) is 0.364. The van der Waals surface area contributed by atoms with Gasteiger partial charge in [-0.15, -0.1) is 0 Å². The lowest BCUT2D eigenvalue weighted by Gasteiger charge is -2.36. The zero-order valence-corrected chi connectivity index (χ0v) is 26.5. The van der Waals surface area contributed by atoms with E-state index in [1.54, 1.807) is 74.5 Å². The zero-order chi connectivity index (χ0) is 31.1. The Morgan fingerprint density at radius 3 is 2.44 bits per heavy atom. The Morgan fingerprint density at radius 1 is 0.977 bits per heavy atom. The van der Waals surface area contributed by atoms with E-state index in [2.05, 4.69) is 0 Å². The molecule has 3 aromatic carbocycles. The third-order valence-corrected chi connectivity index (χ3v) is 9.09.